The van der Waals surface area contributed by atoms with E-state index in [1.54, 1.807) is 11.3 Å². The molecular weight excluding hydrogens is 264 g/mol. The van der Waals surface area contributed by atoms with Gasteiger partial charge in [-0.15, -0.1) is 11.3 Å². The Morgan fingerprint density at radius 1 is 1.35 bits per heavy atom. The molecule has 2 nitrogen and oxygen atoms in total. The summed E-state index contributed by atoms with van der Waals surface area (Å²) in [6.45, 7) is 2.27. The predicted molar refractivity (Wildman–Crippen MR) is 85.8 cm³/mol. The third kappa shape index (κ3) is 2.94. The highest BCUT2D eigenvalue weighted by atomic mass is 32.1. The number of rotatable bonds is 4. The molecule has 1 aromatic carbocycles. The maximum absolute atomic E-state index is 6.57. The van der Waals surface area contributed by atoms with Crippen LogP contribution in [-0.4, -0.2) is 10.5 Å². The first-order valence-electron chi connectivity index (χ1n) is 7.47. The van der Waals surface area contributed by atoms with Crippen LogP contribution in [0.5, 0.6) is 0 Å². The summed E-state index contributed by atoms with van der Waals surface area (Å²) in [4.78, 5) is 4.78. The van der Waals surface area contributed by atoms with Gasteiger partial charge in [-0.1, -0.05) is 43.7 Å². The van der Waals surface area contributed by atoms with Gasteiger partial charge in [0.25, 0.3) is 0 Å². The van der Waals surface area contributed by atoms with Crippen LogP contribution in [0.2, 0.25) is 0 Å². The lowest BCUT2D eigenvalue weighted by Gasteiger charge is -2.22. The Morgan fingerprint density at radius 3 is 2.85 bits per heavy atom. The monoisotopic (exact) mass is 286 g/mol. The van der Waals surface area contributed by atoms with Crippen molar-refractivity contribution in [2.75, 3.05) is 0 Å². The number of nitrogens with two attached hydrogens (primary N) is 1. The average molecular weight is 286 g/mol. The minimum atomic E-state index is -0.0213. The molecule has 1 fully saturated rings. The van der Waals surface area contributed by atoms with Crippen LogP contribution in [0.1, 0.15) is 37.6 Å². The maximum atomic E-state index is 6.57. The van der Waals surface area contributed by atoms with E-state index in [9.17, 15) is 0 Å². The largest absolute Gasteiger partial charge is 0.325 e. The van der Waals surface area contributed by atoms with Crippen molar-refractivity contribution in [3.05, 3.63) is 40.7 Å². The Kier molecular flexibility index (Phi) is 3.90. The van der Waals surface area contributed by atoms with Gasteiger partial charge in [-0.25, -0.2) is 4.98 Å². The van der Waals surface area contributed by atoms with Gasteiger partial charge in [0.1, 0.15) is 0 Å². The molecule has 0 bridgehead atoms. The molecule has 1 saturated carbocycles. The average Bonchev–Trinajstić information content (AvgIpc) is 3.07. The normalized spacial score (nSPS) is 26.0. The third-order valence-electron chi connectivity index (χ3n) is 4.45. The molecule has 1 aromatic heterocycles. The Hall–Kier alpha value is -1.19. The summed E-state index contributed by atoms with van der Waals surface area (Å²) in [5.74, 6) is 0.813. The molecule has 0 amide bonds. The molecule has 3 heteroatoms. The Bertz CT molecular complexity index is 563. The summed E-state index contributed by atoms with van der Waals surface area (Å²) in [7, 11) is 0. The van der Waals surface area contributed by atoms with Crippen LogP contribution in [-0.2, 0) is 6.42 Å². The summed E-state index contributed by atoms with van der Waals surface area (Å²) in [6.07, 6.45) is 5.77. The van der Waals surface area contributed by atoms with Gasteiger partial charge >= 0.3 is 0 Å². The SMILES string of the molecule is CCC1CCC(N)(Cc2nc(-c3ccccc3)cs2)C1. The zero-order chi connectivity index (χ0) is 14.0. The smallest absolute Gasteiger partial charge is 0.0950 e. The molecule has 20 heavy (non-hydrogen) atoms. The first kappa shape index (κ1) is 13.8. The zero-order valence-corrected chi connectivity index (χ0v) is 12.8. The number of hydrogen-bond donors (Lipinski definition) is 1. The van der Waals surface area contributed by atoms with Crippen LogP contribution >= 0.6 is 11.3 Å². The molecule has 0 aliphatic heterocycles. The van der Waals surface area contributed by atoms with E-state index < -0.39 is 0 Å². The first-order chi connectivity index (χ1) is 9.68. The fraction of sp³-hybridized carbons (Fsp3) is 0.471. The van der Waals surface area contributed by atoms with Gasteiger partial charge < -0.3 is 5.73 Å². The van der Waals surface area contributed by atoms with Crippen LogP contribution < -0.4 is 5.73 Å². The molecule has 1 aliphatic carbocycles. The van der Waals surface area contributed by atoms with E-state index in [1.807, 2.05) is 6.07 Å². The molecule has 0 spiro atoms. The summed E-state index contributed by atoms with van der Waals surface area (Å²) in [5, 5.41) is 3.34. The van der Waals surface area contributed by atoms with E-state index in [0.717, 1.165) is 30.9 Å². The van der Waals surface area contributed by atoms with E-state index >= 15 is 0 Å². The second-order valence-corrected chi connectivity index (χ2v) is 6.99. The zero-order valence-electron chi connectivity index (χ0n) is 12.0. The number of hydrogen-bond acceptors (Lipinski definition) is 3. The van der Waals surface area contributed by atoms with Crippen molar-refractivity contribution in [1.29, 1.82) is 0 Å². The van der Waals surface area contributed by atoms with Gasteiger partial charge in [-0.2, -0.15) is 0 Å². The number of benzene rings is 1. The van der Waals surface area contributed by atoms with Gasteiger partial charge in [0.2, 0.25) is 0 Å². The lowest BCUT2D eigenvalue weighted by molar-refractivity contribution is 0.406. The number of thiazole rings is 1. The van der Waals surface area contributed by atoms with Gasteiger partial charge in [0, 0.05) is 22.9 Å². The minimum absolute atomic E-state index is 0.0213. The van der Waals surface area contributed by atoms with Crippen molar-refractivity contribution < 1.29 is 0 Å². The van der Waals surface area contributed by atoms with E-state index in [4.69, 9.17) is 10.7 Å². The van der Waals surface area contributed by atoms with Crippen molar-refractivity contribution in [2.45, 2.75) is 44.6 Å². The molecule has 2 atom stereocenters. The van der Waals surface area contributed by atoms with Crippen LogP contribution in [0.25, 0.3) is 11.3 Å². The summed E-state index contributed by atoms with van der Waals surface area (Å²) >= 11 is 1.75. The molecule has 106 valence electrons. The lowest BCUT2D eigenvalue weighted by atomic mass is 9.93. The molecule has 1 heterocycles. The van der Waals surface area contributed by atoms with E-state index in [1.165, 1.54) is 23.4 Å². The lowest BCUT2D eigenvalue weighted by Crippen LogP contribution is -2.39. The second-order valence-electron chi connectivity index (χ2n) is 6.05. The Labute approximate surface area is 125 Å². The van der Waals surface area contributed by atoms with Crippen LogP contribution in [0.4, 0.5) is 0 Å². The van der Waals surface area contributed by atoms with Gasteiger partial charge in [-0.3, -0.25) is 0 Å². The van der Waals surface area contributed by atoms with Gasteiger partial charge in [-0.05, 0) is 25.2 Å². The van der Waals surface area contributed by atoms with Crippen molar-refractivity contribution in [3.8, 4) is 11.3 Å². The minimum Gasteiger partial charge on any atom is -0.325 e. The van der Waals surface area contributed by atoms with Crippen LogP contribution in [0.3, 0.4) is 0 Å². The fourth-order valence-electron chi connectivity index (χ4n) is 3.21. The first-order valence-corrected chi connectivity index (χ1v) is 8.35. The summed E-state index contributed by atoms with van der Waals surface area (Å²) < 4.78 is 0. The quantitative estimate of drug-likeness (QED) is 0.912. The molecule has 0 saturated heterocycles. The Morgan fingerprint density at radius 2 is 2.15 bits per heavy atom. The molecular formula is C17H22N2S. The molecule has 2 unspecified atom stereocenters. The van der Waals surface area contributed by atoms with Crippen molar-refractivity contribution >= 4 is 11.3 Å². The molecule has 0 radical (unpaired) electrons. The number of nitrogens with zero attached hydrogens (tertiary/aromatic N) is 1. The van der Waals surface area contributed by atoms with Crippen LogP contribution in [0, 0.1) is 5.92 Å². The molecule has 3 rings (SSSR count). The highest BCUT2D eigenvalue weighted by Crippen LogP contribution is 2.37. The van der Waals surface area contributed by atoms with Crippen molar-refractivity contribution in [1.82, 2.24) is 4.98 Å². The van der Waals surface area contributed by atoms with Crippen LogP contribution in [0.15, 0.2) is 35.7 Å². The van der Waals surface area contributed by atoms with E-state index in [2.05, 4.69) is 36.6 Å². The maximum Gasteiger partial charge on any atom is 0.0950 e. The molecule has 1 aliphatic rings. The fourth-order valence-corrected chi connectivity index (χ4v) is 4.17. The highest BCUT2D eigenvalue weighted by molar-refractivity contribution is 7.09. The topological polar surface area (TPSA) is 38.9 Å². The summed E-state index contributed by atoms with van der Waals surface area (Å²) in [6, 6.07) is 10.4. The van der Waals surface area contributed by atoms with Crippen molar-refractivity contribution in [3.63, 3.8) is 0 Å². The van der Waals surface area contributed by atoms with E-state index in [-0.39, 0.29) is 5.54 Å². The molecule has 2 N–H and O–H groups in total. The third-order valence-corrected chi connectivity index (χ3v) is 5.30. The highest BCUT2D eigenvalue weighted by Gasteiger charge is 2.35. The van der Waals surface area contributed by atoms with Gasteiger partial charge in [0.05, 0.1) is 10.7 Å². The number of aromatic nitrogens is 1. The Balaban J connectivity index is 1.72. The molecule has 2 aromatic rings. The summed E-state index contributed by atoms with van der Waals surface area (Å²) in [5.41, 5.74) is 8.83. The second kappa shape index (κ2) is 5.66. The van der Waals surface area contributed by atoms with E-state index in [0.29, 0.717) is 0 Å². The standard InChI is InChI=1S/C17H22N2S/c1-2-13-8-9-17(18,10-13)11-16-19-15(12-20-16)14-6-4-3-5-7-14/h3-7,12-13H,2,8-11,18H2,1H3. The van der Waals surface area contributed by atoms with Crippen molar-refractivity contribution in [2.24, 2.45) is 11.7 Å². The van der Waals surface area contributed by atoms with Gasteiger partial charge in [0.15, 0.2) is 0 Å². The predicted octanol–water partition coefficient (Wildman–Crippen LogP) is 4.26.